The fourth-order valence-corrected chi connectivity index (χ4v) is 1.70. The zero-order valence-corrected chi connectivity index (χ0v) is 11.0. The van der Waals surface area contributed by atoms with Crippen LogP contribution < -0.4 is 15.2 Å². The van der Waals surface area contributed by atoms with Gasteiger partial charge in [-0.3, -0.25) is 0 Å². The zero-order chi connectivity index (χ0) is 12.8. The molecule has 0 spiro atoms. The van der Waals surface area contributed by atoms with Crippen LogP contribution in [-0.4, -0.2) is 30.7 Å². The average molecular weight is 239 g/mol. The molecule has 0 atom stereocenters. The second-order valence-electron chi connectivity index (χ2n) is 4.28. The maximum atomic E-state index is 5.61. The highest BCUT2D eigenvalue weighted by Crippen LogP contribution is 2.24. The summed E-state index contributed by atoms with van der Waals surface area (Å²) in [5.41, 5.74) is 7.57. The van der Waals surface area contributed by atoms with E-state index in [1.807, 2.05) is 0 Å². The number of ether oxygens (including phenoxy) is 2. The van der Waals surface area contributed by atoms with Crippen LogP contribution >= 0.6 is 0 Å². The van der Waals surface area contributed by atoms with E-state index in [0.29, 0.717) is 24.4 Å². The van der Waals surface area contributed by atoms with E-state index in [-0.39, 0.29) is 0 Å². The minimum absolute atomic E-state index is 0.346. The molecule has 1 heterocycles. The Bertz CT molecular complexity index is 367. The van der Waals surface area contributed by atoms with E-state index in [9.17, 15) is 0 Å². The fourth-order valence-electron chi connectivity index (χ4n) is 1.70. The minimum Gasteiger partial charge on any atom is -0.481 e. The van der Waals surface area contributed by atoms with Gasteiger partial charge in [-0.25, -0.2) is 0 Å². The SMILES string of the molecule is COc1nc(CC(C)C)c(CCN)c(OC)n1. The van der Waals surface area contributed by atoms with Gasteiger partial charge in [0, 0.05) is 5.56 Å². The largest absolute Gasteiger partial charge is 0.481 e. The van der Waals surface area contributed by atoms with E-state index in [1.165, 1.54) is 0 Å². The molecule has 0 aromatic carbocycles. The Morgan fingerprint density at radius 3 is 2.35 bits per heavy atom. The van der Waals surface area contributed by atoms with E-state index in [1.54, 1.807) is 14.2 Å². The molecule has 17 heavy (non-hydrogen) atoms. The van der Waals surface area contributed by atoms with Crippen LogP contribution in [-0.2, 0) is 12.8 Å². The second-order valence-corrected chi connectivity index (χ2v) is 4.28. The lowest BCUT2D eigenvalue weighted by Gasteiger charge is -2.14. The van der Waals surface area contributed by atoms with Crippen LogP contribution in [0.5, 0.6) is 11.9 Å². The van der Waals surface area contributed by atoms with Crippen LogP contribution in [0.3, 0.4) is 0 Å². The summed E-state index contributed by atoms with van der Waals surface area (Å²) in [7, 11) is 3.15. The molecule has 0 saturated heterocycles. The lowest BCUT2D eigenvalue weighted by atomic mass is 10.0. The molecule has 2 N–H and O–H groups in total. The molecule has 5 heteroatoms. The predicted molar refractivity (Wildman–Crippen MR) is 66.4 cm³/mol. The minimum atomic E-state index is 0.346. The van der Waals surface area contributed by atoms with Gasteiger partial charge in [0.2, 0.25) is 5.88 Å². The number of rotatable bonds is 6. The lowest BCUT2D eigenvalue weighted by Crippen LogP contribution is -2.12. The van der Waals surface area contributed by atoms with Crippen molar-refractivity contribution in [3.8, 4) is 11.9 Å². The molecule has 0 amide bonds. The van der Waals surface area contributed by atoms with Crippen molar-refractivity contribution >= 4 is 0 Å². The van der Waals surface area contributed by atoms with Gasteiger partial charge in [-0.1, -0.05) is 13.8 Å². The Balaban J connectivity index is 3.19. The van der Waals surface area contributed by atoms with Gasteiger partial charge in [-0.2, -0.15) is 9.97 Å². The number of methoxy groups -OCH3 is 2. The predicted octanol–water partition coefficient (Wildman–Crippen LogP) is 1.19. The van der Waals surface area contributed by atoms with E-state index in [0.717, 1.165) is 24.1 Å². The quantitative estimate of drug-likeness (QED) is 0.807. The molecule has 0 unspecified atom stereocenters. The van der Waals surface area contributed by atoms with Gasteiger partial charge in [0.05, 0.1) is 19.9 Å². The maximum absolute atomic E-state index is 5.61. The molecule has 0 aliphatic heterocycles. The molecule has 0 aliphatic rings. The van der Waals surface area contributed by atoms with E-state index in [4.69, 9.17) is 15.2 Å². The average Bonchev–Trinajstić information content (AvgIpc) is 2.30. The first-order chi connectivity index (χ1) is 8.12. The van der Waals surface area contributed by atoms with E-state index in [2.05, 4.69) is 23.8 Å². The van der Waals surface area contributed by atoms with Crippen molar-refractivity contribution in [2.75, 3.05) is 20.8 Å². The Hall–Kier alpha value is -1.36. The standard InChI is InChI=1S/C12H21N3O2/c1-8(2)7-10-9(5-6-13)11(16-3)15-12(14-10)17-4/h8H,5-7,13H2,1-4H3. The van der Waals surface area contributed by atoms with Gasteiger partial charge in [0.1, 0.15) is 0 Å². The highest BCUT2D eigenvalue weighted by Gasteiger charge is 2.15. The molecule has 1 aromatic heterocycles. The fraction of sp³-hybridized carbons (Fsp3) is 0.667. The lowest BCUT2D eigenvalue weighted by molar-refractivity contribution is 0.345. The molecule has 0 fully saturated rings. The number of hydrogen-bond donors (Lipinski definition) is 1. The third kappa shape index (κ3) is 3.56. The summed E-state index contributed by atoms with van der Waals surface area (Å²) in [5, 5.41) is 0. The summed E-state index contributed by atoms with van der Waals surface area (Å²) in [4.78, 5) is 8.57. The molecule has 0 saturated carbocycles. The normalized spacial score (nSPS) is 10.7. The smallest absolute Gasteiger partial charge is 0.319 e. The highest BCUT2D eigenvalue weighted by atomic mass is 16.5. The third-order valence-corrected chi connectivity index (χ3v) is 2.41. The first-order valence-corrected chi connectivity index (χ1v) is 5.80. The molecule has 0 radical (unpaired) electrons. The molecule has 0 aliphatic carbocycles. The summed E-state index contributed by atoms with van der Waals surface area (Å²) in [6.45, 7) is 4.84. The summed E-state index contributed by atoms with van der Waals surface area (Å²) in [6, 6.07) is 0.346. The molecule has 1 rings (SSSR count). The summed E-state index contributed by atoms with van der Waals surface area (Å²) < 4.78 is 10.4. The Labute approximate surface area is 102 Å². The van der Waals surface area contributed by atoms with E-state index < -0.39 is 0 Å². The monoisotopic (exact) mass is 239 g/mol. The van der Waals surface area contributed by atoms with Crippen LogP contribution in [0.4, 0.5) is 0 Å². The van der Waals surface area contributed by atoms with Gasteiger partial charge in [-0.15, -0.1) is 0 Å². The van der Waals surface area contributed by atoms with Crippen molar-refractivity contribution in [3.63, 3.8) is 0 Å². The van der Waals surface area contributed by atoms with Crippen LogP contribution in [0.25, 0.3) is 0 Å². The third-order valence-electron chi connectivity index (χ3n) is 2.41. The Morgan fingerprint density at radius 2 is 1.88 bits per heavy atom. The maximum Gasteiger partial charge on any atom is 0.319 e. The van der Waals surface area contributed by atoms with Crippen molar-refractivity contribution < 1.29 is 9.47 Å². The molecule has 0 bridgehead atoms. The van der Waals surface area contributed by atoms with Crippen molar-refractivity contribution in [2.24, 2.45) is 11.7 Å². The number of aromatic nitrogens is 2. The zero-order valence-electron chi connectivity index (χ0n) is 11.0. The van der Waals surface area contributed by atoms with Gasteiger partial charge in [0.15, 0.2) is 0 Å². The van der Waals surface area contributed by atoms with Gasteiger partial charge >= 0.3 is 6.01 Å². The summed E-state index contributed by atoms with van der Waals surface area (Å²) in [6.07, 6.45) is 1.58. The number of hydrogen-bond acceptors (Lipinski definition) is 5. The summed E-state index contributed by atoms with van der Waals surface area (Å²) in [5.74, 6) is 1.08. The number of nitrogens with zero attached hydrogens (tertiary/aromatic N) is 2. The van der Waals surface area contributed by atoms with Gasteiger partial charge in [-0.05, 0) is 25.3 Å². The molecule has 96 valence electrons. The van der Waals surface area contributed by atoms with Crippen molar-refractivity contribution in [3.05, 3.63) is 11.3 Å². The summed E-state index contributed by atoms with van der Waals surface area (Å²) >= 11 is 0. The molecule has 1 aromatic rings. The number of nitrogens with two attached hydrogens (primary N) is 1. The van der Waals surface area contributed by atoms with Crippen molar-refractivity contribution in [2.45, 2.75) is 26.7 Å². The first-order valence-electron chi connectivity index (χ1n) is 5.80. The van der Waals surface area contributed by atoms with Crippen LogP contribution in [0.1, 0.15) is 25.1 Å². The van der Waals surface area contributed by atoms with Crippen LogP contribution in [0, 0.1) is 5.92 Å². The van der Waals surface area contributed by atoms with Crippen LogP contribution in [0.15, 0.2) is 0 Å². The van der Waals surface area contributed by atoms with Crippen molar-refractivity contribution in [1.82, 2.24) is 9.97 Å². The Morgan fingerprint density at radius 1 is 1.18 bits per heavy atom. The topological polar surface area (TPSA) is 70.3 Å². The molecule has 5 nitrogen and oxygen atoms in total. The Kier molecular flexibility index (Phi) is 5.15. The van der Waals surface area contributed by atoms with Gasteiger partial charge < -0.3 is 15.2 Å². The first kappa shape index (κ1) is 13.7. The molecular formula is C12H21N3O2. The van der Waals surface area contributed by atoms with Crippen LogP contribution in [0.2, 0.25) is 0 Å². The highest BCUT2D eigenvalue weighted by molar-refractivity contribution is 5.33. The van der Waals surface area contributed by atoms with E-state index >= 15 is 0 Å². The second kappa shape index (κ2) is 6.39. The molecular weight excluding hydrogens is 218 g/mol. The van der Waals surface area contributed by atoms with Gasteiger partial charge in [0.25, 0.3) is 0 Å². The van der Waals surface area contributed by atoms with Crippen molar-refractivity contribution in [1.29, 1.82) is 0 Å².